The maximum Gasteiger partial charge on any atom is 0.223 e. The zero-order valence-corrected chi connectivity index (χ0v) is 6.48. The van der Waals surface area contributed by atoms with E-state index in [-0.39, 0.29) is 11.0 Å². The van der Waals surface area contributed by atoms with Crippen molar-refractivity contribution in [3.8, 4) is 11.8 Å². The minimum Gasteiger partial charge on any atom is -0.223 e. The van der Waals surface area contributed by atoms with Crippen LogP contribution >= 0.6 is 11.6 Å². The van der Waals surface area contributed by atoms with Crippen LogP contribution in [0.3, 0.4) is 0 Å². The van der Waals surface area contributed by atoms with Crippen LogP contribution in [0.15, 0.2) is 6.20 Å². The van der Waals surface area contributed by atoms with Crippen molar-refractivity contribution in [1.29, 1.82) is 0 Å². The predicted octanol–water partition coefficient (Wildman–Crippen LogP) is 1.64. The molecular weight excluding hydrogens is 167 g/mol. The molecule has 0 radical (unpaired) electrons. The fourth-order valence-electron chi connectivity index (χ4n) is 0.552. The van der Waals surface area contributed by atoms with Gasteiger partial charge in [0.15, 0.2) is 11.5 Å². The Kier molecular flexibility index (Phi) is 2.40. The molecule has 2 nitrogen and oxygen atoms in total. The zero-order chi connectivity index (χ0) is 8.27. The second-order valence-corrected chi connectivity index (χ2v) is 2.05. The summed E-state index contributed by atoms with van der Waals surface area (Å²) >= 11 is 5.40. The summed E-state index contributed by atoms with van der Waals surface area (Å²) < 4.78 is 12.7. The third-order valence-electron chi connectivity index (χ3n) is 0.958. The lowest BCUT2D eigenvalue weighted by molar-refractivity contribution is 0.609. The van der Waals surface area contributed by atoms with Gasteiger partial charge in [-0.1, -0.05) is 5.92 Å². The maximum absolute atomic E-state index is 12.7. The number of halogens is 2. The molecule has 0 aliphatic rings. The van der Waals surface area contributed by atoms with Gasteiger partial charge in [-0.2, -0.15) is 0 Å². The van der Waals surface area contributed by atoms with Crippen LogP contribution in [0.5, 0.6) is 0 Å². The molecule has 11 heavy (non-hydrogen) atoms. The molecule has 0 bridgehead atoms. The first-order chi connectivity index (χ1) is 5.24. The highest BCUT2D eigenvalue weighted by molar-refractivity contribution is 6.28. The Bertz CT molecular complexity index is 327. The number of hydrogen-bond acceptors (Lipinski definition) is 2. The molecule has 0 aromatic carbocycles. The van der Waals surface area contributed by atoms with Gasteiger partial charge in [0, 0.05) is 0 Å². The second kappa shape index (κ2) is 3.31. The Hall–Kier alpha value is -1.14. The van der Waals surface area contributed by atoms with Crippen LogP contribution in [0.25, 0.3) is 0 Å². The minimum atomic E-state index is -0.552. The van der Waals surface area contributed by atoms with Crippen molar-refractivity contribution in [2.24, 2.45) is 0 Å². The fourth-order valence-corrected chi connectivity index (χ4v) is 0.685. The van der Waals surface area contributed by atoms with Crippen molar-refractivity contribution >= 4 is 11.6 Å². The average Bonchev–Trinajstić information content (AvgIpc) is 1.98. The summed E-state index contributed by atoms with van der Waals surface area (Å²) in [4.78, 5) is 7.00. The van der Waals surface area contributed by atoms with Crippen molar-refractivity contribution < 1.29 is 4.39 Å². The Morgan fingerprint density at radius 1 is 1.64 bits per heavy atom. The van der Waals surface area contributed by atoms with Crippen molar-refractivity contribution in [3.63, 3.8) is 0 Å². The first kappa shape index (κ1) is 7.96. The highest BCUT2D eigenvalue weighted by atomic mass is 35.5. The van der Waals surface area contributed by atoms with Gasteiger partial charge in [-0.25, -0.2) is 14.4 Å². The van der Waals surface area contributed by atoms with Gasteiger partial charge in [0.05, 0.1) is 6.20 Å². The minimum absolute atomic E-state index is 0.00384. The third kappa shape index (κ3) is 1.89. The normalized spacial score (nSPS) is 8.64. The summed E-state index contributed by atoms with van der Waals surface area (Å²) in [5.41, 5.74) is 0.0347. The van der Waals surface area contributed by atoms with E-state index >= 15 is 0 Å². The van der Waals surface area contributed by atoms with Crippen LogP contribution in [0.4, 0.5) is 4.39 Å². The van der Waals surface area contributed by atoms with Crippen LogP contribution in [-0.2, 0) is 0 Å². The molecule has 0 N–H and O–H groups in total. The van der Waals surface area contributed by atoms with E-state index in [0.717, 1.165) is 6.20 Å². The van der Waals surface area contributed by atoms with Gasteiger partial charge in [0.2, 0.25) is 5.28 Å². The maximum atomic E-state index is 12.7. The summed E-state index contributed by atoms with van der Waals surface area (Å²) in [6, 6.07) is 0. The van der Waals surface area contributed by atoms with Gasteiger partial charge in [-0.15, -0.1) is 0 Å². The molecule has 1 rings (SSSR count). The van der Waals surface area contributed by atoms with Crippen molar-refractivity contribution in [2.45, 2.75) is 6.92 Å². The van der Waals surface area contributed by atoms with Crippen molar-refractivity contribution in [2.75, 3.05) is 0 Å². The van der Waals surface area contributed by atoms with E-state index in [1.165, 1.54) is 0 Å². The van der Waals surface area contributed by atoms with Crippen molar-refractivity contribution in [3.05, 3.63) is 23.0 Å². The SMILES string of the molecule is CC#Cc1nc(Cl)ncc1F. The van der Waals surface area contributed by atoms with Gasteiger partial charge in [0.1, 0.15) is 0 Å². The summed E-state index contributed by atoms with van der Waals surface area (Å²) in [5.74, 6) is 4.42. The lowest BCUT2D eigenvalue weighted by atomic mass is 10.4. The summed E-state index contributed by atoms with van der Waals surface area (Å²) in [5, 5.41) is 0.00384. The lowest BCUT2D eigenvalue weighted by Crippen LogP contribution is -1.91. The smallest absolute Gasteiger partial charge is 0.223 e. The predicted molar refractivity (Wildman–Crippen MR) is 39.6 cm³/mol. The first-order valence-electron chi connectivity index (χ1n) is 2.85. The number of aromatic nitrogens is 2. The standard InChI is InChI=1S/C7H4ClFN2/c1-2-3-6-5(9)4-10-7(8)11-6/h4H,1H3. The average molecular weight is 171 g/mol. The summed E-state index contributed by atoms with van der Waals surface area (Å²) in [7, 11) is 0. The summed E-state index contributed by atoms with van der Waals surface area (Å²) in [6.45, 7) is 1.59. The number of rotatable bonds is 0. The Balaban J connectivity index is 3.19. The molecule has 0 unspecified atom stereocenters. The number of hydrogen-bond donors (Lipinski definition) is 0. The van der Waals surface area contributed by atoms with Crippen LogP contribution in [0.2, 0.25) is 5.28 Å². The molecule has 0 amide bonds. The molecule has 4 heteroatoms. The Morgan fingerprint density at radius 2 is 2.36 bits per heavy atom. The Morgan fingerprint density at radius 3 is 3.00 bits per heavy atom. The molecule has 0 spiro atoms. The monoisotopic (exact) mass is 170 g/mol. The molecule has 1 heterocycles. The van der Waals surface area contributed by atoms with Gasteiger partial charge in [-0.05, 0) is 24.4 Å². The molecule has 0 aliphatic heterocycles. The van der Waals surface area contributed by atoms with E-state index < -0.39 is 5.82 Å². The van der Waals surface area contributed by atoms with Crippen LogP contribution in [0.1, 0.15) is 12.6 Å². The topological polar surface area (TPSA) is 25.8 Å². The van der Waals surface area contributed by atoms with E-state index in [1.54, 1.807) is 6.92 Å². The van der Waals surface area contributed by atoms with Crippen LogP contribution in [-0.4, -0.2) is 9.97 Å². The van der Waals surface area contributed by atoms with E-state index in [4.69, 9.17) is 11.6 Å². The lowest BCUT2D eigenvalue weighted by Gasteiger charge is -1.91. The quantitative estimate of drug-likeness (QED) is 0.437. The van der Waals surface area contributed by atoms with E-state index in [1.807, 2.05) is 0 Å². The van der Waals surface area contributed by atoms with Crippen LogP contribution in [0, 0.1) is 17.7 Å². The molecule has 1 aromatic heterocycles. The van der Waals surface area contributed by atoms with Gasteiger partial charge >= 0.3 is 0 Å². The number of nitrogens with zero attached hydrogens (tertiary/aromatic N) is 2. The van der Waals surface area contributed by atoms with Gasteiger partial charge in [-0.3, -0.25) is 0 Å². The zero-order valence-electron chi connectivity index (χ0n) is 5.73. The van der Waals surface area contributed by atoms with E-state index in [9.17, 15) is 4.39 Å². The molecule has 0 saturated carbocycles. The Labute approximate surface area is 68.4 Å². The molecule has 0 saturated heterocycles. The molecule has 1 aromatic rings. The van der Waals surface area contributed by atoms with E-state index in [2.05, 4.69) is 21.8 Å². The van der Waals surface area contributed by atoms with Gasteiger partial charge in [0.25, 0.3) is 0 Å². The molecular formula is C7H4ClFN2. The second-order valence-electron chi connectivity index (χ2n) is 1.71. The largest absolute Gasteiger partial charge is 0.223 e. The molecule has 0 fully saturated rings. The van der Waals surface area contributed by atoms with Gasteiger partial charge < -0.3 is 0 Å². The van der Waals surface area contributed by atoms with Crippen LogP contribution < -0.4 is 0 Å². The third-order valence-corrected chi connectivity index (χ3v) is 1.14. The molecule has 56 valence electrons. The van der Waals surface area contributed by atoms with E-state index in [0.29, 0.717) is 0 Å². The fraction of sp³-hybridized carbons (Fsp3) is 0.143. The summed E-state index contributed by atoms with van der Waals surface area (Å²) in [6.07, 6.45) is 0.995. The molecule has 0 aliphatic carbocycles. The highest BCUT2D eigenvalue weighted by Gasteiger charge is 2.01. The van der Waals surface area contributed by atoms with Crippen molar-refractivity contribution in [1.82, 2.24) is 9.97 Å². The first-order valence-corrected chi connectivity index (χ1v) is 3.22. The molecule has 0 atom stereocenters. The highest BCUT2D eigenvalue weighted by Crippen LogP contribution is 2.04.